The lowest BCUT2D eigenvalue weighted by molar-refractivity contribution is -0.125. The van der Waals surface area contributed by atoms with E-state index < -0.39 is 5.41 Å². The van der Waals surface area contributed by atoms with Gasteiger partial charge in [0.25, 0.3) is 0 Å². The lowest BCUT2D eigenvalue weighted by atomic mass is 9.91. The van der Waals surface area contributed by atoms with Crippen molar-refractivity contribution in [2.75, 3.05) is 34.8 Å². The van der Waals surface area contributed by atoms with Crippen molar-refractivity contribution >= 4 is 29.0 Å². The molecule has 1 aliphatic heterocycles. The molecule has 6 heteroatoms. The molecule has 0 bridgehead atoms. The number of nitrogens with zero attached hydrogens (tertiary/aromatic N) is 5. The zero-order valence-corrected chi connectivity index (χ0v) is 17.9. The second-order valence-electron chi connectivity index (χ2n) is 8.77. The summed E-state index contributed by atoms with van der Waals surface area (Å²) in [6.07, 6.45) is 6.61. The number of carbonyl (C=O) groups is 1. The summed E-state index contributed by atoms with van der Waals surface area (Å²) in [5, 5.41) is 0. The first-order chi connectivity index (χ1) is 13.9. The smallest absolute Gasteiger partial charge is 0.234 e. The minimum atomic E-state index is -0.470. The molecule has 2 heterocycles. The number of carbonyl (C=O) groups excluding carboxylic acids is 1. The Morgan fingerprint density at radius 3 is 2.52 bits per heavy atom. The van der Waals surface area contributed by atoms with E-state index in [1.54, 1.807) is 4.90 Å². The summed E-state index contributed by atoms with van der Waals surface area (Å²) >= 11 is 0. The molecule has 2 aliphatic rings. The van der Waals surface area contributed by atoms with E-state index in [-0.39, 0.29) is 5.91 Å². The Hall–Kier alpha value is -2.63. The van der Waals surface area contributed by atoms with Crippen LogP contribution in [0.5, 0.6) is 0 Å². The van der Waals surface area contributed by atoms with Crippen LogP contribution in [-0.2, 0) is 4.79 Å². The van der Waals surface area contributed by atoms with Gasteiger partial charge in [0.1, 0.15) is 5.69 Å². The highest BCUT2D eigenvalue weighted by Crippen LogP contribution is 2.40. The quantitative estimate of drug-likeness (QED) is 0.771. The Morgan fingerprint density at radius 1 is 1.17 bits per heavy atom. The second kappa shape index (κ2) is 7.65. The van der Waals surface area contributed by atoms with Crippen LogP contribution in [-0.4, -0.2) is 42.1 Å². The maximum absolute atomic E-state index is 13.1. The van der Waals surface area contributed by atoms with Crippen LogP contribution in [0.15, 0.2) is 36.5 Å². The predicted octanol–water partition coefficient (Wildman–Crippen LogP) is 4.39. The standard InChI is InChI=1S/C23H31N5O/c1-5-27(17-11-7-6-8-12-17)22-24-15-19-20(25-22)28(18-13-9-10-14-18)16-23(2,3)21(29)26(19)4/h6-8,11-12,15,18H,5,9-10,13-14,16H2,1-4H3. The summed E-state index contributed by atoms with van der Waals surface area (Å²) in [6, 6.07) is 10.7. The molecule has 0 spiro atoms. The van der Waals surface area contributed by atoms with Crippen LogP contribution in [0, 0.1) is 5.41 Å². The molecule has 0 N–H and O–H groups in total. The van der Waals surface area contributed by atoms with Crippen LogP contribution >= 0.6 is 0 Å². The Bertz CT molecular complexity index is 876. The van der Waals surface area contributed by atoms with Crippen molar-refractivity contribution in [3.8, 4) is 0 Å². The fraction of sp³-hybridized carbons (Fsp3) is 0.522. The van der Waals surface area contributed by atoms with Crippen LogP contribution in [0.1, 0.15) is 46.5 Å². The van der Waals surface area contributed by atoms with E-state index in [0.29, 0.717) is 18.5 Å². The molecule has 0 unspecified atom stereocenters. The van der Waals surface area contributed by atoms with Gasteiger partial charge in [-0.2, -0.15) is 4.98 Å². The molecular formula is C23H31N5O. The Morgan fingerprint density at radius 2 is 1.86 bits per heavy atom. The van der Waals surface area contributed by atoms with E-state index in [9.17, 15) is 4.79 Å². The molecule has 1 fully saturated rings. The molecule has 1 aromatic carbocycles. The third-order valence-corrected chi connectivity index (χ3v) is 6.21. The van der Waals surface area contributed by atoms with E-state index in [0.717, 1.165) is 36.6 Å². The van der Waals surface area contributed by atoms with Gasteiger partial charge in [-0.05, 0) is 45.7 Å². The fourth-order valence-electron chi connectivity index (χ4n) is 4.63. The van der Waals surface area contributed by atoms with Gasteiger partial charge in [-0.15, -0.1) is 0 Å². The minimum Gasteiger partial charge on any atom is -0.351 e. The summed E-state index contributed by atoms with van der Waals surface area (Å²) < 4.78 is 0. The first-order valence-electron chi connectivity index (χ1n) is 10.7. The van der Waals surface area contributed by atoms with Crippen molar-refractivity contribution in [3.63, 3.8) is 0 Å². The maximum atomic E-state index is 13.1. The monoisotopic (exact) mass is 393 g/mol. The third-order valence-electron chi connectivity index (χ3n) is 6.21. The molecule has 6 nitrogen and oxygen atoms in total. The summed E-state index contributed by atoms with van der Waals surface area (Å²) in [4.78, 5) is 29.1. The average Bonchev–Trinajstić information content (AvgIpc) is 3.25. The number of fused-ring (bicyclic) bond motifs is 1. The highest BCUT2D eigenvalue weighted by atomic mass is 16.2. The van der Waals surface area contributed by atoms with Gasteiger partial charge >= 0.3 is 0 Å². The van der Waals surface area contributed by atoms with E-state index in [4.69, 9.17) is 4.98 Å². The number of amides is 1. The Balaban J connectivity index is 1.82. The molecule has 1 aliphatic carbocycles. The molecule has 0 radical (unpaired) electrons. The van der Waals surface area contributed by atoms with Crippen LogP contribution in [0.3, 0.4) is 0 Å². The van der Waals surface area contributed by atoms with Gasteiger partial charge in [-0.25, -0.2) is 4.98 Å². The van der Waals surface area contributed by atoms with Gasteiger partial charge in [0.05, 0.1) is 11.6 Å². The molecule has 29 heavy (non-hydrogen) atoms. The van der Waals surface area contributed by atoms with Crippen molar-refractivity contribution in [1.82, 2.24) is 9.97 Å². The zero-order valence-electron chi connectivity index (χ0n) is 17.9. The van der Waals surface area contributed by atoms with Crippen LogP contribution in [0.4, 0.5) is 23.1 Å². The number of para-hydroxylation sites is 1. The molecule has 1 saturated carbocycles. The number of rotatable bonds is 4. The summed E-state index contributed by atoms with van der Waals surface area (Å²) in [5.41, 5.74) is 1.41. The van der Waals surface area contributed by atoms with Gasteiger partial charge in [-0.3, -0.25) is 4.79 Å². The Labute approximate surface area is 173 Å². The lowest BCUT2D eigenvalue weighted by Crippen LogP contribution is -2.45. The molecular weight excluding hydrogens is 362 g/mol. The number of benzene rings is 1. The van der Waals surface area contributed by atoms with Gasteiger partial charge in [0, 0.05) is 31.9 Å². The molecule has 0 saturated heterocycles. The van der Waals surface area contributed by atoms with E-state index >= 15 is 0 Å². The minimum absolute atomic E-state index is 0.117. The normalized spacial score (nSPS) is 19.2. The van der Waals surface area contributed by atoms with Gasteiger partial charge in [0.15, 0.2) is 5.82 Å². The molecule has 154 valence electrons. The van der Waals surface area contributed by atoms with Crippen molar-refractivity contribution in [2.45, 2.75) is 52.5 Å². The lowest BCUT2D eigenvalue weighted by Gasteiger charge is -2.34. The van der Waals surface area contributed by atoms with Crippen LogP contribution < -0.4 is 14.7 Å². The van der Waals surface area contributed by atoms with Crippen molar-refractivity contribution < 1.29 is 4.79 Å². The topological polar surface area (TPSA) is 52.6 Å². The average molecular weight is 394 g/mol. The number of hydrogen-bond donors (Lipinski definition) is 0. The van der Waals surface area contributed by atoms with Crippen LogP contribution in [0.2, 0.25) is 0 Å². The predicted molar refractivity (Wildman–Crippen MR) is 118 cm³/mol. The van der Waals surface area contributed by atoms with Gasteiger partial charge < -0.3 is 14.7 Å². The summed E-state index contributed by atoms with van der Waals surface area (Å²) in [5.74, 6) is 1.68. The summed E-state index contributed by atoms with van der Waals surface area (Å²) in [6.45, 7) is 7.64. The first-order valence-corrected chi connectivity index (χ1v) is 10.7. The van der Waals surface area contributed by atoms with E-state index in [1.807, 2.05) is 45.3 Å². The number of anilines is 4. The van der Waals surface area contributed by atoms with Gasteiger partial charge in [0.2, 0.25) is 11.9 Å². The van der Waals surface area contributed by atoms with E-state index in [1.165, 1.54) is 12.8 Å². The number of hydrogen-bond acceptors (Lipinski definition) is 5. The largest absolute Gasteiger partial charge is 0.351 e. The number of aromatic nitrogens is 2. The SMILES string of the molecule is CCN(c1ccccc1)c1ncc2c(n1)N(C1CCCC1)CC(C)(C)C(=O)N2C. The molecule has 0 atom stereocenters. The van der Waals surface area contributed by atoms with Crippen molar-refractivity contribution in [2.24, 2.45) is 5.41 Å². The van der Waals surface area contributed by atoms with E-state index in [2.05, 4.69) is 33.8 Å². The van der Waals surface area contributed by atoms with Crippen molar-refractivity contribution in [1.29, 1.82) is 0 Å². The molecule has 4 rings (SSSR count). The van der Waals surface area contributed by atoms with Crippen molar-refractivity contribution in [3.05, 3.63) is 36.5 Å². The molecule has 2 aromatic rings. The summed E-state index contributed by atoms with van der Waals surface area (Å²) in [7, 11) is 1.85. The maximum Gasteiger partial charge on any atom is 0.234 e. The second-order valence-corrected chi connectivity index (χ2v) is 8.77. The van der Waals surface area contributed by atoms with Gasteiger partial charge in [-0.1, -0.05) is 31.0 Å². The molecule has 1 aromatic heterocycles. The molecule has 1 amide bonds. The van der Waals surface area contributed by atoms with Crippen LogP contribution in [0.25, 0.3) is 0 Å². The fourth-order valence-corrected chi connectivity index (χ4v) is 4.63. The highest BCUT2D eigenvalue weighted by Gasteiger charge is 2.41. The first kappa shape index (κ1) is 19.7. The Kier molecular flexibility index (Phi) is 5.19. The third kappa shape index (κ3) is 3.56. The zero-order chi connectivity index (χ0) is 20.6. The highest BCUT2D eigenvalue weighted by molar-refractivity contribution is 6.00.